The minimum atomic E-state index is -1.67. The van der Waals surface area contributed by atoms with E-state index in [4.69, 9.17) is 0 Å². The van der Waals surface area contributed by atoms with Gasteiger partial charge in [-0.2, -0.15) is 0 Å². The Bertz CT molecular complexity index is 534. The summed E-state index contributed by atoms with van der Waals surface area (Å²) < 4.78 is 4.50. The van der Waals surface area contributed by atoms with Crippen molar-refractivity contribution in [1.82, 2.24) is 0 Å². The summed E-state index contributed by atoms with van der Waals surface area (Å²) in [4.78, 5) is 35.6. The first kappa shape index (κ1) is 16.3. The van der Waals surface area contributed by atoms with Gasteiger partial charge in [-0.05, 0) is 40.5 Å². The predicted octanol–water partition coefficient (Wildman–Crippen LogP) is 1.50. The monoisotopic (exact) mass is 280 g/mol. The van der Waals surface area contributed by atoms with Gasteiger partial charge >= 0.3 is 5.97 Å². The van der Waals surface area contributed by atoms with Gasteiger partial charge in [-0.25, -0.2) is 4.79 Å². The number of allylic oxidation sites excluding steroid dienone is 4. The Morgan fingerprint density at radius 1 is 1.10 bits per heavy atom. The van der Waals surface area contributed by atoms with Crippen LogP contribution in [0.5, 0.6) is 0 Å². The fourth-order valence-corrected chi connectivity index (χ4v) is 2.15. The molecule has 0 saturated heterocycles. The molecule has 1 aliphatic rings. The maximum atomic E-state index is 12.2. The Kier molecular flexibility index (Phi) is 4.65. The molecule has 1 aliphatic carbocycles. The van der Waals surface area contributed by atoms with Crippen LogP contribution in [0.4, 0.5) is 0 Å². The molecule has 1 unspecified atom stereocenters. The van der Waals surface area contributed by atoms with Crippen molar-refractivity contribution in [1.29, 1.82) is 0 Å². The highest BCUT2D eigenvalue weighted by molar-refractivity contribution is 6.24. The van der Waals surface area contributed by atoms with Crippen molar-refractivity contribution in [3.05, 3.63) is 22.3 Å². The third-order valence-corrected chi connectivity index (χ3v) is 3.80. The Morgan fingerprint density at radius 2 is 1.60 bits per heavy atom. The van der Waals surface area contributed by atoms with Crippen LogP contribution in [-0.2, 0) is 19.1 Å². The molecule has 0 amide bonds. The summed E-state index contributed by atoms with van der Waals surface area (Å²) in [7, 11) is 1.19. The molecule has 0 saturated carbocycles. The normalized spacial score (nSPS) is 19.3. The molecule has 0 aromatic carbocycles. The first-order valence-corrected chi connectivity index (χ1v) is 6.41. The highest BCUT2D eigenvalue weighted by Crippen LogP contribution is 2.29. The van der Waals surface area contributed by atoms with Gasteiger partial charge in [0.2, 0.25) is 0 Å². The van der Waals surface area contributed by atoms with Crippen LogP contribution >= 0.6 is 0 Å². The number of ketones is 2. The standard InChI is InChI=1S/C15H20O5/c1-8-9(2)13(17)11(10(3)12(8)16)6-7-15(4,19)14(18)20-5/h19H,6-7H2,1-5H3. The van der Waals surface area contributed by atoms with Crippen molar-refractivity contribution in [2.75, 3.05) is 7.11 Å². The van der Waals surface area contributed by atoms with Crippen LogP contribution in [0.3, 0.4) is 0 Å². The first-order chi connectivity index (χ1) is 9.13. The van der Waals surface area contributed by atoms with E-state index in [1.807, 2.05) is 0 Å². The Hall–Kier alpha value is -1.75. The number of Topliss-reactive ketones (excluding diaryl/α,β-unsaturated/α-hetero) is 2. The van der Waals surface area contributed by atoms with Crippen LogP contribution in [0.1, 0.15) is 40.5 Å². The highest BCUT2D eigenvalue weighted by Gasteiger charge is 2.34. The van der Waals surface area contributed by atoms with Crippen molar-refractivity contribution in [2.24, 2.45) is 0 Å². The zero-order chi connectivity index (χ0) is 15.7. The molecule has 110 valence electrons. The van der Waals surface area contributed by atoms with Crippen molar-refractivity contribution in [3.63, 3.8) is 0 Å². The smallest absolute Gasteiger partial charge is 0.337 e. The summed E-state index contributed by atoms with van der Waals surface area (Å²) in [5, 5.41) is 9.96. The van der Waals surface area contributed by atoms with E-state index in [-0.39, 0.29) is 24.4 Å². The van der Waals surface area contributed by atoms with Gasteiger partial charge in [0.1, 0.15) is 0 Å². The summed E-state index contributed by atoms with van der Waals surface area (Å²) in [6.07, 6.45) is 0.181. The number of rotatable bonds is 4. The Balaban J connectivity index is 2.96. The van der Waals surface area contributed by atoms with E-state index >= 15 is 0 Å². The molecule has 1 atom stereocenters. The molecule has 0 spiro atoms. The van der Waals surface area contributed by atoms with Crippen molar-refractivity contribution in [3.8, 4) is 0 Å². The van der Waals surface area contributed by atoms with Crippen molar-refractivity contribution >= 4 is 17.5 Å². The largest absolute Gasteiger partial charge is 0.467 e. The summed E-state index contributed by atoms with van der Waals surface area (Å²) in [6, 6.07) is 0. The lowest BCUT2D eigenvalue weighted by molar-refractivity contribution is -0.161. The van der Waals surface area contributed by atoms with E-state index in [0.29, 0.717) is 22.3 Å². The molecule has 0 aliphatic heterocycles. The molecule has 0 bridgehead atoms. The molecule has 0 aromatic rings. The van der Waals surface area contributed by atoms with Crippen LogP contribution in [-0.4, -0.2) is 35.4 Å². The number of methoxy groups -OCH3 is 1. The fourth-order valence-electron chi connectivity index (χ4n) is 2.15. The molecule has 1 N–H and O–H groups in total. The van der Waals surface area contributed by atoms with Crippen molar-refractivity contribution in [2.45, 2.75) is 46.1 Å². The maximum absolute atomic E-state index is 12.2. The number of aliphatic hydroxyl groups is 1. The predicted molar refractivity (Wildman–Crippen MR) is 73.0 cm³/mol. The lowest BCUT2D eigenvalue weighted by atomic mass is 9.82. The summed E-state index contributed by atoms with van der Waals surface area (Å²) in [6.45, 7) is 6.16. The summed E-state index contributed by atoms with van der Waals surface area (Å²) >= 11 is 0. The molecule has 0 fully saturated rings. The molecule has 1 rings (SSSR count). The zero-order valence-electron chi connectivity index (χ0n) is 12.5. The van der Waals surface area contributed by atoms with Crippen LogP contribution < -0.4 is 0 Å². The summed E-state index contributed by atoms with van der Waals surface area (Å²) in [5.41, 5.74) is -0.0412. The van der Waals surface area contributed by atoms with Gasteiger partial charge in [0.05, 0.1) is 7.11 Å². The Morgan fingerprint density at radius 3 is 2.10 bits per heavy atom. The molecule has 20 heavy (non-hydrogen) atoms. The molecular weight excluding hydrogens is 260 g/mol. The second kappa shape index (κ2) is 5.71. The average molecular weight is 280 g/mol. The fraction of sp³-hybridized carbons (Fsp3) is 0.533. The average Bonchev–Trinajstić information content (AvgIpc) is 2.41. The number of hydrogen-bond donors (Lipinski definition) is 1. The lowest BCUT2D eigenvalue weighted by Gasteiger charge is -2.23. The molecule has 0 aromatic heterocycles. The number of carbonyl (C=O) groups excluding carboxylic acids is 3. The summed E-state index contributed by atoms with van der Waals surface area (Å²) in [5.74, 6) is -1.11. The third-order valence-electron chi connectivity index (χ3n) is 3.80. The number of hydrogen-bond acceptors (Lipinski definition) is 5. The number of carbonyl (C=O) groups is 3. The van der Waals surface area contributed by atoms with Gasteiger partial charge in [0.25, 0.3) is 0 Å². The second-order valence-electron chi connectivity index (χ2n) is 5.28. The molecule has 5 nitrogen and oxygen atoms in total. The minimum Gasteiger partial charge on any atom is -0.467 e. The highest BCUT2D eigenvalue weighted by atomic mass is 16.5. The number of esters is 1. The Labute approximate surface area is 118 Å². The molecular formula is C15H20O5. The van der Waals surface area contributed by atoms with E-state index in [2.05, 4.69) is 4.74 Å². The van der Waals surface area contributed by atoms with E-state index in [9.17, 15) is 19.5 Å². The van der Waals surface area contributed by atoms with Gasteiger partial charge in [-0.15, -0.1) is 0 Å². The quantitative estimate of drug-likeness (QED) is 0.623. The van der Waals surface area contributed by atoms with E-state index in [0.717, 1.165) is 0 Å². The van der Waals surface area contributed by atoms with Gasteiger partial charge in [-0.3, -0.25) is 9.59 Å². The van der Waals surface area contributed by atoms with E-state index in [1.54, 1.807) is 20.8 Å². The lowest BCUT2D eigenvalue weighted by Crippen LogP contribution is -2.36. The van der Waals surface area contributed by atoms with Crippen LogP contribution in [0.2, 0.25) is 0 Å². The van der Waals surface area contributed by atoms with Gasteiger partial charge in [-0.1, -0.05) is 0 Å². The molecule has 0 radical (unpaired) electrons. The van der Waals surface area contributed by atoms with Crippen LogP contribution in [0, 0.1) is 0 Å². The first-order valence-electron chi connectivity index (χ1n) is 6.41. The molecule has 0 heterocycles. The number of ether oxygens (including phenoxy) is 1. The van der Waals surface area contributed by atoms with E-state index in [1.165, 1.54) is 14.0 Å². The van der Waals surface area contributed by atoms with Crippen molar-refractivity contribution < 1.29 is 24.2 Å². The van der Waals surface area contributed by atoms with Gasteiger partial charge in [0.15, 0.2) is 17.2 Å². The second-order valence-corrected chi connectivity index (χ2v) is 5.28. The minimum absolute atomic E-state index is 0.0255. The van der Waals surface area contributed by atoms with Gasteiger partial charge in [0, 0.05) is 22.3 Å². The van der Waals surface area contributed by atoms with E-state index < -0.39 is 11.6 Å². The zero-order valence-corrected chi connectivity index (χ0v) is 12.5. The topological polar surface area (TPSA) is 80.7 Å². The van der Waals surface area contributed by atoms with Crippen LogP contribution in [0.25, 0.3) is 0 Å². The molecule has 5 heteroatoms. The van der Waals surface area contributed by atoms with Crippen LogP contribution in [0.15, 0.2) is 22.3 Å². The SMILES string of the molecule is COC(=O)C(C)(O)CCC1=C(C)C(=O)C(C)=C(C)C1=O. The third kappa shape index (κ3) is 2.88. The van der Waals surface area contributed by atoms with Gasteiger partial charge < -0.3 is 9.84 Å². The maximum Gasteiger partial charge on any atom is 0.337 e.